The Morgan fingerprint density at radius 2 is 1.77 bits per heavy atom. The van der Waals surface area contributed by atoms with Crippen molar-refractivity contribution in [3.63, 3.8) is 0 Å². The van der Waals surface area contributed by atoms with Gasteiger partial charge in [-0.15, -0.1) is 0 Å². The second-order valence-electron chi connectivity index (χ2n) is 6.31. The summed E-state index contributed by atoms with van der Waals surface area (Å²) in [7, 11) is -2.20. The summed E-state index contributed by atoms with van der Waals surface area (Å²) in [5.41, 5.74) is 0.652. The van der Waals surface area contributed by atoms with E-state index in [9.17, 15) is 18.0 Å². The van der Waals surface area contributed by atoms with Crippen LogP contribution in [0.2, 0.25) is 0 Å². The zero-order valence-corrected chi connectivity index (χ0v) is 15.7. The van der Waals surface area contributed by atoms with E-state index < -0.39 is 10.0 Å². The lowest BCUT2D eigenvalue weighted by atomic mass is 10.1. The summed E-state index contributed by atoms with van der Waals surface area (Å²) >= 11 is 0. The molecule has 10 nitrogen and oxygen atoms in total. The minimum absolute atomic E-state index is 0.0917. The molecule has 11 heteroatoms. The Bertz CT molecular complexity index is 847. The van der Waals surface area contributed by atoms with Crippen LogP contribution in [-0.2, 0) is 19.6 Å². The highest BCUT2D eigenvalue weighted by Crippen LogP contribution is 2.24. The molecule has 2 aliphatic rings. The van der Waals surface area contributed by atoms with Gasteiger partial charge in [0.25, 0.3) is 5.91 Å². The van der Waals surface area contributed by atoms with E-state index in [-0.39, 0.29) is 55.1 Å². The molecule has 0 N–H and O–H groups in total. The van der Waals surface area contributed by atoms with Crippen molar-refractivity contribution in [3.8, 4) is 0 Å². The molecule has 2 aliphatic heterocycles. The second kappa shape index (κ2) is 6.80. The Morgan fingerprint density at radius 3 is 2.31 bits per heavy atom. The van der Waals surface area contributed by atoms with Crippen LogP contribution in [0.15, 0.2) is 14.5 Å². The lowest BCUT2D eigenvalue weighted by Gasteiger charge is -2.34. The van der Waals surface area contributed by atoms with E-state index in [1.54, 1.807) is 18.7 Å². The summed E-state index contributed by atoms with van der Waals surface area (Å²) < 4.78 is 31.9. The van der Waals surface area contributed by atoms with E-state index in [0.29, 0.717) is 17.8 Å². The first kappa shape index (κ1) is 18.5. The molecule has 1 aromatic heterocycles. The highest BCUT2D eigenvalue weighted by molar-refractivity contribution is 7.89. The number of rotatable bonds is 3. The Morgan fingerprint density at radius 1 is 1.12 bits per heavy atom. The largest absolute Gasteiger partial charge is 0.360 e. The van der Waals surface area contributed by atoms with Gasteiger partial charge in [-0.05, 0) is 13.8 Å². The van der Waals surface area contributed by atoms with Crippen LogP contribution >= 0.6 is 0 Å². The second-order valence-corrected chi connectivity index (χ2v) is 8.19. The number of sulfonamides is 1. The minimum Gasteiger partial charge on any atom is -0.360 e. The SMILES string of the molecule is Cc1noc(C)c1S(=O)(=O)N1CCN(C(=O)C2=NN(C)C(=O)CC2)CC1. The van der Waals surface area contributed by atoms with Gasteiger partial charge in [-0.2, -0.15) is 9.41 Å². The smallest absolute Gasteiger partial charge is 0.270 e. The number of hydrogen-bond donors (Lipinski definition) is 0. The van der Waals surface area contributed by atoms with Crippen LogP contribution in [0.5, 0.6) is 0 Å². The van der Waals surface area contributed by atoms with Gasteiger partial charge >= 0.3 is 0 Å². The maximum absolute atomic E-state index is 12.8. The Hall–Kier alpha value is -2.27. The third kappa shape index (κ3) is 3.23. The fourth-order valence-corrected chi connectivity index (χ4v) is 4.82. The number of hydrazone groups is 1. The summed E-state index contributed by atoms with van der Waals surface area (Å²) in [4.78, 5) is 25.7. The number of piperazine rings is 1. The van der Waals surface area contributed by atoms with E-state index in [0.717, 1.165) is 0 Å². The number of hydrogen-bond acceptors (Lipinski definition) is 7. The number of carbonyl (C=O) groups is 2. The molecular formula is C15H21N5O5S. The highest BCUT2D eigenvalue weighted by Gasteiger charge is 2.35. The number of nitrogens with zero attached hydrogens (tertiary/aromatic N) is 5. The molecule has 0 saturated carbocycles. The summed E-state index contributed by atoms with van der Waals surface area (Å²) in [5, 5.41) is 8.90. The van der Waals surface area contributed by atoms with Crippen LogP contribution in [-0.4, -0.2) is 78.5 Å². The Kier molecular flexibility index (Phi) is 4.84. The first-order chi connectivity index (χ1) is 12.2. The normalized spacial score (nSPS) is 19.7. The first-order valence-electron chi connectivity index (χ1n) is 8.28. The van der Waals surface area contributed by atoms with Crippen molar-refractivity contribution < 1.29 is 22.5 Å². The lowest BCUT2D eigenvalue weighted by Crippen LogP contribution is -2.52. The molecule has 0 atom stereocenters. The minimum atomic E-state index is -3.71. The fourth-order valence-electron chi connectivity index (χ4n) is 3.11. The Balaban J connectivity index is 1.69. The summed E-state index contributed by atoms with van der Waals surface area (Å²) in [5.74, 6) is -0.124. The van der Waals surface area contributed by atoms with Gasteiger partial charge < -0.3 is 9.42 Å². The van der Waals surface area contributed by atoms with E-state index in [1.807, 2.05) is 0 Å². The van der Waals surface area contributed by atoms with Crippen LogP contribution in [0, 0.1) is 13.8 Å². The van der Waals surface area contributed by atoms with Gasteiger partial charge in [0.1, 0.15) is 16.3 Å². The van der Waals surface area contributed by atoms with Crippen molar-refractivity contribution in [2.45, 2.75) is 31.6 Å². The zero-order valence-electron chi connectivity index (χ0n) is 14.9. The molecular weight excluding hydrogens is 362 g/mol. The molecule has 1 fully saturated rings. The Labute approximate surface area is 151 Å². The molecule has 0 spiro atoms. The van der Waals surface area contributed by atoms with Gasteiger partial charge in [-0.3, -0.25) is 9.59 Å². The maximum atomic E-state index is 12.8. The van der Waals surface area contributed by atoms with Crippen molar-refractivity contribution in [2.75, 3.05) is 33.2 Å². The number of amides is 2. The van der Waals surface area contributed by atoms with Crippen molar-refractivity contribution >= 4 is 27.5 Å². The third-order valence-corrected chi connectivity index (χ3v) is 6.69. The zero-order chi connectivity index (χ0) is 19.1. The van der Waals surface area contributed by atoms with Crippen LogP contribution in [0.25, 0.3) is 0 Å². The van der Waals surface area contributed by atoms with Gasteiger partial charge in [0.15, 0.2) is 5.76 Å². The van der Waals surface area contributed by atoms with Crippen LogP contribution in [0.1, 0.15) is 24.3 Å². The quantitative estimate of drug-likeness (QED) is 0.709. The highest BCUT2D eigenvalue weighted by atomic mass is 32.2. The van der Waals surface area contributed by atoms with Crippen molar-refractivity contribution in [1.29, 1.82) is 0 Å². The van der Waals surface area contributed by atoms with E-state index in [2.05, 4.69) is 10.3 Å². The van der Waals surface area contributed by atoms with Crippen molar-refractivity contribution in [3.05, 3.63) is 11.5 Å². The number of aromatic nitrogens is 1. The lowest BCUT2D eigenvalue weighted by molar-refractivity contribution is -0.130. The summed E-state index contributed by atoms with van der Waals surface area (Å²) in [6, 6.07) is 0. The monoisotopic (exact) mass is 383 g/mol. The van der Waals surface area contributed by atoms with Crippen LogP contribution < -0.4 is 0 Å². The fraction of sp³-hybridized carbons (Fsp3) is 0.600. The summed E-state index contributed by atoms with van der Waals surface area (Å²) in [6.45, 7) is 4.03. The molecule has 0 radical (unpaired) electrons. The average Bonchev–Trinajstić information content (AvgIpc) is 2.96. The van der Waals surface area contributed by atoms with Gasteiger partial charge in [0, 0.05) is 46.1 Å². The molecule has 3 rings (SSSR count). The van der Waals surface area contributed by atoms with Crippen LogP contribution in [0.4, 0.5) is 0 Å². The van der Waals surface area contributed by atoms with Gasteiger partial charge in [0.2, 0.25) is 15.9 Å². The predicted molar refractivity (Wildman–Crippen MR) is 90.8 cm³/mol. The third-order valence-electron chi connectivity index (χ3n) is 4.55. The van der Waals surface area contributed by atoms with Crippen molar-refractivity contribution in [2.24, 2.45) is 5.10 Å². The number of aryl methyl sites for hydroxylation is 2. The average molecular weight is 383 g/mol. The molecule has 3 heterocycles. The van der Waals surface area contributed by atoms with Gasteiger partial charge in [-0.1, -0.05) is 5.16 Å². The first-order valence-corrected chi connectivity index (χ1v) is 9.72. The molecule has 142 valence electrons. The molecule has 0 aromatic carbocycles. The molecule has 0 aliphatic carbocycles. The van der Waals surface area contributed by atoms with Gasteiger partial charge in [-0.25, -0.2) is 13.4 Å². The molecule has 0 unspecified atom stereocenters. The van der Waals surface area contributed by atoms with E-state index >= 15 is 0 Å². The van der Waals surface area contributed by atoms with Gasteiger partial charge in [0.05, 0.1) is 0 Å². The number of carbonyl (C=O) groups excluding carboxylic acids is 2. The molecule has 26 heavy (non-hydrogen) atoms. The van der Waals surface area contributed by atoms with Crippen LogP contribution in [0.3, 0.4) is 0 Å². The van der Waals surface area contributed by atoms with E-state index in [1.165, 1.54) is 16.4 Å². The topological polar surface area (TPSA) is 116 Å². The standard InChI is InChI=1S/C15H21N5O5S/c1-10-14(11(2)25-17-10)26(23,24)20-8-6-19(7-9-20)15(22)12-4-5-13(21)18(3)16-12/h4-9H2,1-3H3. The summed E-state index contributed by atoms with van der Waals surface area (Å²) in [6.07, 6.45) is 0.557. The molecule has 2 amide bonds. The molecule has 1 aromatic rings. The van der Waals surface area contributed by atoms with E-state index in [4.69, 9.17) is 4.52 Å². The molecule has 0 bridgehead atoms. The predicted octanol–water partition coefficient (Wildman–Crippen LogP) is -0.267. The maximum Gasteiger partial charge on any atom is 0.270 e. The van der Waals surface area contributed by atoms with Crippen molar-refractivity contribution in [1.82, 2.24) is 19.4 Å². The molecule has 1 saturated heterocycles.